The molecule has 2 bridgehead atoms. The van der Waals surface area contributed by atoms with E-state index in [1.54, 1.807) is 13.8 Å². The number of hydrogen-bond acceptors (Lipinski definition) is 10. The first-order valence-electron chi connectivity index (χ1n) is 12.8. The number of ether oxygens (including phenoxy) is 3. The molecule has 13 nitrogen and oxygen atoms in total. The van der Waals surface area contributed by atoms with Gasteiger partial charge in [-0.05, 0) is 33.6 Å². The number of anilines is 3. The number of nitrogens with zero attached hydrogens (tertiary/aromatic N) is 6. The molecule has 2 saturated heterocycles. The molecule has 0 aromatic carbocycles. The van der Waals surface area contributed by atoms with Gasteiger partial charge in [0, 0.05) is 19.2 Å². The van der Waals surface area contributed by atoms with Gasteiger partial charge in [0.15, 0.2) is 11.6 Å². The van der Waals surface area contributed by atoms with Gasteiger partial charge in [-0.2, -0.15) is 13.2 Å². The molecule has 3 amide bonds. The van der Waals surface area contributed by atoms with E-state index in [1.165, 1.54) is 23.5 Å². The number of fused-ring (bicyclic) bond motifs is 4. The molecule has 3 atom stereocenters. The molecule has 0 spiro atoms. The lowest BCUT2D eigenvalue weighted by atomic mass is 10.0. The molecule has 3 aliphatic heterocycles. The zero-order valence-corrected chi connectivity index (χ0v) is 22.1. The minimum atomic E-state index is -4.63. The Morgan fingerprint density at radius 2 is 2.08 bits per heavy atom. The summed E-state index contributed by atoms with van der Waals surface area (Å²) >= 11 is 0. The Labute approximate surface area is 227 Å². The highest BCUT2D eigenvalue weighted by Gasteiger charge is 2.41. The molecule has 40 heavy (non-hydrogen) atoms. The van der Waals surface area contributed by atoms with Crippen LogP contribution in [0.2, 0.25) is 0 Å². The second-order valence-electron chi connectivity index (χ2n) is 10.2. The van der Waals surface area contributed by atoms with Crippen molar-refractivity contribution in [2.24, 2.45) is 0 Å². The zero-order valence-electron chi connectivity index (χ0n) is 22.1. The molecular weight excluding hydrogens is 537 g/mol. The lowest BCUT2D eigenvalue weighted by Crippen LogP contribution is -2.56. The van der Waals surface area contributed by atoms with Crippen LogP contribution < -0.4 is 25.2 Å². The fraction of sp³-hybridized carbons (Fsp3) is 0.583. The highest BCUT2D eigenvalue weighted by Crippen LogP contribution is 2.37. The Balaban J connectivity index is 1.33. The number of amides is 3. The van der Waals surface area contributed by atoms with Gasteiger partial charge < -0.3 is 24.4 Å². The number of hydrogen-bond donors (Lipinski definition) is 2. The van der Waals surface area contributed by atoms with Crippen LogP contribution in [0.3, 0.4) is 0 Å². The smallest absolute Gasteiger partial charge is 0.408 e. The fourth-order valence-corrected chi connectivity index (χ4v) is 4.72. The quantitative estimate of drug-likeness (QED) is 0.535. The van der Waals surface area contributed by atoms with Crippen LogP contribution in [-0.2, 0) is 9.47 Å². The van der Waals surface area contributed by atoms with Crippen LogP contribution >= 0.6 is 0 Å². The molecule has 0 aliphatic carbocycles. The van der Waals surface area contributed by atoms with Crippen molar-refractivity contribution in [3.8, 4) is 5.88 Å². The Hall–Kier alpha value is -3.79. The van der Waals surface area contributed by atoms with Crippen LogP contribution in [0.1, 0.15) is 44.2 Å². The maximum Gasteiger partial charge on any atom is 0.408 e. The summed E-state index contributed by atoms with van der Waals surface area (Å²) in [5, 5.41) is 4.56. The van der Waals surface area contributed by atoms with Crippen molar-refractivity contribution < 1.29 is 37.0 Å². The van der Waals surface area contributed by atoms with E-state index < -0.39 is 35.8 Å². The van der Waals surface area contributed by atoms with E-state index in [2.05, 4.69) is 25.3 Å². The molecule has 2 N–H and O–H groups in total. The van der Waals surface area contributed by atoms with Gasteiger partial charge in [0.05, 0.1) is 24.5 Å². The average molecular weight is 567 g/mol. The second-order valence-corrected chi connectivity index (χ2v) is 10.2. The standard InChI is InChI=1S/C24H29F3N8O5/c1-13(24(25,26)27)31-21(36)19-28-8-16-20(33-19)35(14-5-4-6-34(16)9-14)22(37)32-17-7-18(30-12-29-17)38-10-15-11-39-23(2,3)40-15/h7-8,12-15H,4-6,9-11H2,1-3H3,(H,31,36)(H,29,30,32,37)/t13-,14+,15+/m1/s1. The van der Waals surface area contributed by atoms with Crippen LogP contribution in [0.5, 0.6) is 5.88 Å². The lowest BCUT2D eigenvalue weighted by Gasteiger charge is -2.45. The number of nitrogens with one attached hydrogen (secondary N) is 2. The van der Waals surface area contributed by atoms with Gasteiger partial charge in [-0.1, -0.05) is 0 Å². The maximum absolute atomic E-state index is 13.5. The predicted molar refractivity (Wildman–Crippen MR) is 134 cm³/mol. The molecule has 5 rings (SSSR count). The molecule has 3 aliphatic rings. The Kier molecular flexibility index (Phi) is 7.39. The highest BCUT2D eigenvalue weighted by atomic mass is 19.4. The molecule has 2 aromatic rings. The number of alkyl halides is 3. The average Bonchev–Trinajstić information content (AvgIpc) is 3.25. The first kappa shape index (κ1) is 27.8. The van der Waals surface area contributed by atoms with Gasteiger partial charge in [0.2, 0.25) is 11.7 Å². The van der Waals surface area contributed by atoms with E-state index in [9.17, 15) is 22.8 Å². The Morgan fingerprint density at radius 3 is 2.80 bits per heavy atom. The lowest BCUT2D eigenvalue weighted by molar-refractivity contribution is -0.149. The van der Waals surface area contributed by atoms with Crippen LogP contribution in [0.25, 0.3) is 0 Å². The summed E-state index contributed by atoms with van der Waals surface area (Å²) in [6.07, 6.45) is -0.865. The molecule has 0 radical (unpaired) electrons. The van der Waals surface area contributed by atoms with E-state index in [4.69, 9.17) is 14.2 Å². The molecule has 5 heterocycles. The SMILES string of the molecule is C[C@@H](NC(=O)c1ncc2c(n1)N(C(=O)Nc1cc(OC[C@H]3COC(C)(C)O3)ncn1)[C@H]1CCCN2C1)C(F)(F)F. The normalized spacial score (nSPS) is 22.4. The van der Waals surface area contributed by atoms with Crippen molar-refractivity contribution in [3.63, 3.8) is 0 Å². The van der Waals surface area contributed by atoms with Crippen molar-refractivity contribution in [2.45, 2.75) is 63.8 Å². The van der Waals surface area contributed by atoms with Gasteiger partial charge in [-0.25, -0.2) is 24.7 Å². The minimum absolute atomic E-state index is 0.125. The van der Waals surface area contributed by atoms with Crippen LogP contribution in [0, 0.1) is 0 Å². The monoisotopic (exact) mass is 566 g/mol. The topological polar surface area (TPSA) is 144 Å². The zero-order chi connectivity index (χ0) is 28.7. The van der Waals surface area contributed by atoms with Gasteiger partial charge in [-0.3, -0.25) is 15.0 Å². The summed E-state index contributed by atoms with van der Waals surface area (Å²) in [4.78, 5) is 45.8. The van der Waals surface area contributed by atoms with Crippen LogP contribution in [0.15, 0.2) is 18.6 Å². The van der Waals surface area contributed by atoms with E-state index in [0.717, 1.165) is 13.3 Å². The molecule has 2 fully saturated rings. The molecule has 0 saturated carbocycles. The molecule has 16 heteroatoms. The van der Waals surface area contributed by atoms with Crippen molar-refractivity contribution in [1.29, 1.82) is 0 Å². The molecule has 0 unspecified atom stereocenters. The summed E-state index contributed by atoms with van der Waals surface area (Å²) < 4.78 is 55.8. The third kappa shape index (κ3) is 6.01. The van der Waals surface area contributed by atoms with Crippen LogP contribution in [0.4, 0.5) is 35.3 Å². The number of aromatic nitrogens is 4. The van der Waals surface area contributed by atoms with Gasteiger partial charge in [-0.15, -0.1) is 0 Å². The highest BCUT2D eigenvalue weighted by molar-refractivity contribution is 6.04. The van der Waals surface area contributed by atoms with Gasteiger partial charge in [0.25, 0.3) is 5.91 Å². The molecule has 216 valence electrons. The summed E-state index contributed by atoms with van der Waals surface area (Å²) in [5.41, 5.74) is 0.500. The summed E-state index contributed by atoms with van der Waals surface area (Å²) in [6.45, 7) is 6.18. The first-order valence-corrected chi connectivity index (χ1v) is 12.8. The number of piperidine rings is 1. The third-order valence-electron chi connectivity index (χ3n) is 6.70. The summed E-state index contributed by atoms with van der Waals surface area (Å²) in [6, 6.07) is -1.52. The van der Waals surface area contributed by atoms with Crippen molar-refractivity contribution >= 4 is 29.3 Å². The second kappa shape index (κ2) is 10.6. The summed E-state index contributed by atoms with van der Waals surface area (Å²) in [5.74, 6) is -1.78. The largest absolute Gasteiger partial charge is 0.475 e. The van der Waals surface area contributed by atoms with E-state index in [1.807, 2.05) is 10.2 Å². The maximum atomic E-state index is 13.5. The molecule has 2 aromatic heterocycles. The van der Waals surface area contributed by atoms with Crippen LogP contribution in [-0.4, -0.2) is 88.3 Å². The number of carbonyl (C=O) groups is 2. The van der Waals surface area contributed by atoms with E-state index in [-0.39, 0.29) is 36.3 Å². The van der Waals surface area contributed by atoms with E-state index >= 15 is 0 Å². The first-order chi connectivity index (χ1) is 18.9. The number of carbonyl (C=O) groups excluding carboxylic acids is 2. The third-order valence-corrected chi connectivity index (χ3v) is 6.70. The van der Waals surface area contributed by atoms with Gasteiger partial charge >= 0.3 is 12.2 Å². The number of halogens is 3. The van der Waals surface area contributed by atoms with Gasteiger partial charge in [0.1, 0.15) is 30.9 Å². The minimum Gasteiger partial charge on any atom is -0.475 e. The Bertz CT molecular complexity index is 1280. The summed E-state index contributed by atoms with van der Waals surface area (Å²) in [7, 11) is 0. The van der Waals surface area contributed by atoms with Crippen molar-refractivity contribution in [3.05, 3.63) is 24.4 Å². The Morgan fingerprint density at radius 1 is 1.27 bits per heavy atom. The van der Waals surface area contributed by atoms with Crippen molar-refractivity contribution in [1.82, 2.24) is 25.3 Å². The number of urea groups is 1. The number of rotatable bonds is 6. The van der Waals surface area contributed by atoms with Crippen molar-refractivity contribution in [2.75, 3.05) is 41.4 Å². The predicted octanol–water partition coefficient (Wildman–Crippen LogP) is 2.50. The fourth-order valence-electron chi connectivity index (χ4n) is 4.72. The van der Waals surface area contributed by atoms with E-state index in [0.29, 0.717) is 31.8 Å². The molecular formula is C24H29F3N8O5.